The number of hydrogen-bond donors (Lipinski definition) is 2. The smallest absolute Gasteiger partial charge is 0.265 e. The van der Waals surface area contributed by atoms with Crippen LogP contribution in [-0.2, 0) is 15.3 Å². The van der Waals surface area contributed by atoms with Crippen molar-refractivity contribution in [3.05, 3.63) is 41.3 Å². The molecule has 2 heterocycles. The summed E-state index contributed by atoms with van der Waals surface area (Å²) in [6.45, 7) is 0. The van der Waals surface area contributed by atoms with Crippen LogP contribution in [0, 0.1) is 11.3 Å². The van der Waals surface area contributed by atoms with Crippen LogP contribution in [0.5, 0.6) is 0 Å². The number of halogens is 1. The summed E-state index contributed by atoms with van der Waals surface area (Å²) >= 11 is 6.09. The molecule has 1 aromatic carbocycles. The van der Waals surface area contributed by atoms with Crippen LogP contribution >= 0.6 is 11.6 Å². The van der Waals surface area contributed by atoms with Crippen LogP contribution < -0.4 is 4.72 Å². The maximum Gasteiger partial charge on any atom is 0.265 e. The summed E-state index contributed by atoms with van der Waals surface area (Å²) in [7, 11) is 12.4. The number of hydrogen-bond acceptors (Lipinski definition) is 4. The molecule has 3 aromatic rings. The Hall–Kier alpha value is -2.31. The van der Waals surface area contributed by atoms with Crippen molar-refractivity contribution in [1.82, 2.24) is 14.8 Å². The number of nitriles is 1. The first kappa shape index (κ1) is 17.5. The number of fused-ring (bicyclic) bond motifs is 1. The molecule has 6 radical (unpaired) electrons. The number of H-pyrrole nitrogens is 1. The Morgan fingerprint density at radius 2 is 2.08 bits per heavy atom. The second-order valence-corrected chi connectivity index (χ2v) is 7.36. The zero-order chi connectivity index (χ0) is 18.4. The van der Waals surface area contributed by atoms with Gasteiger partial charge in [0.2, 0.25) is 0 Å². The minimum absolute atomic E-state index is 0.187. The molecular weight excluding hydrogens is 358 g/mol. The molecular formula is C13H7B3ClN5O2S. The number of aromatic nitrogens is 3. The van der Waals surface area contributed by atoms with Gasteiger partial charge in [0.25, 0.3) is 10.0 Å². The third-order valence-electron chi connectivity index (χ3n) is 3.42. The van der Waals surface area contributed by atoms with E-state index in [1.54, 1.807) is 0 Å². The van der Waals surface area contributed by atoms with Crippen molar-refractivity contribution >= 4 is 61.8 Å². The van der Waals surface area contributed by atoms with Gasteiger partial charge in [-0.25, -0.2) is 8.42 Å². The van der Waals surface area contributed by atoms with Gasteiger partial charge in [-0.15, -0.1) is 0 Å². The summed E-state index contributed by atoms with van der Waals surface area (Å²) in [5, 5.41) is 11.8. The Bertz CT molecular complexity index is 1110. The first-order valence-corrected chi connectivity index (χ1v) is 8.64. The van der Waals surface area contributed by atoms with Crippen molar-refractivity contribution in [2.24, 2.45) is 0 Å². The van der Waals surface area contributed by atoms with Gasteiger partial charge in [0.05, 0.1) is 51.5 Å². The second kappa shape index (κ2) is 5.90. The molecule has 25 heavy (non-hydrogen) atoms. The van der Waals surface area contributed by atoms with Crippen LogP contribution in [0.15, 0.2) is 35.6 Å². The molecule has 0 aliphatic rings. The van der Waals surface area contributed by atoms with E-state index < -0.39 is 15.3 Å². The standard InChI is InChI=1S/C13H7B3ClN5O2S/c14-13(15,16)22-6-8(5-20-22)25(23,24)21-10-2-1-9(17)11-7(3-18)4-19-12(10)11/h1-2,4-6,19,21H. The highest BCUT2D eigenvalue weighted by molar-refractivity contribution is 7.92. The van der Waals surface area contributed by atoms with Crippen molar-refractivity contribution in [2.45, 2.75) is 10.1 Å². The maximum absolute atomic E-state index is 12.5. The van der Waals surface area contributed by atoms with Crippen LogP contribution in [0.25, 0.3) is 10.9 Å². The molecule has 0 saturated heterocycles. The van der Waals surface area contributed by atoms with E-state index in [2.05, 4.69) is 14.8 Å². The average Bonchev–Trinajstić information content (AvgIpc) is 3.16. The number of nitrogens with one attached hydrogen (secondary N) is 2. The van der Waals surface area contributed by atoms with Gasteiger partial charge in [-0.3, -0.25) is 9.40 Å². The monoisotopic (exact) mass is 365 g/mol. The van der Waals surface area contributed by atoms with E-state index in [-0.39, 0.29) is 10.6 Å². The zero-order valence-corrected chi connectivity index (χ0v) is 14.1. The van der Waals surface area contributed by atoms with Crippen molar-refractivity contribution in [2.75, 3.05) is 4.72 Å². The van der Waals surface area contributed by atoms with E-state index in [0.717, 1.165) is 17.1 Å². The molecule has 0 spiro atoms. The summed E-state index contributed by atoms with van der Waals surface area (Å²) < 4.78 is 28.4. The van der Waals surface area contributed by atoms with Crippen LogP contribution in [0.4, 0.5) is 5.69 Å². The highest BCUT2D eigenvalue weighted by Gasteiger charge is 2.22. The van der Waals surface area contributed by atoms with Crippen LogP contribution in [0.2, 0.25) is 5.02 Å². The molecule has 3 rings (SSSR count). The normalized spacial score (nSPS) is 12.2. The number of rotatable bonds is 4. The third kappa shape index (κ3) is 3.15. The van der Waals surface area contributed by atoms with Gasteiger partial charge < -0.3 is 4.98 Å². The zero-order valence-electron chi connectivity index (χ0n) is 12.6. The summed E-state index contributed by atoms with van der Waals surface area (Å²) in [5.74, 6) is 0. The predicted octanol–water partition coefficient (Wildman–Crippen LogP) is 0.764. The number of nitrogens with zero attached hydrogens (tertiary/aromatic N) is 3. The lowest BCUT2D eigenvalue weighted by molar-refractivity contribution is 0.600. The lowest BCUT2D eigenvalue weighted by atomic mass is 9.49. The maximum atomic E-state index is 12.5. The van der Waals surface area contributed by atoms with Gasteiger partial charge in [0.1, 0.15) is 11.0 Å². The molecule has 12 heteroatoms. The van der Waals surface area contributed by atoms with E-state index >= 15 is 0 Å². The van der Waals surface area contributed by atoms with E-state index in [0.29, 0.717) is 21.5 Å². The molecule has 0 unspecified atom stereocenters. The lowest BCUT2D eigenvalue weighted by Gasteiger charge is -2.20. The van der Waals surface area contributed by atoms with E-state index in [9.17, 15) is 8.42 Å². The van der Waals surface area contributed by atoms with Crippen molar-refractivity contribution in [1.29, 1.82) is 5.26 Å². The fourth-order valence-corrected chi connectivity index (χ4v) is 3.50. The fraction of sp³-hybridized carbons (Fsp3) is 0.0769. The minimum atomic E-state index is -4.00. The summed E-state index contributed by atoms with van der Waals surface area (Å²) in [6.07, 6.45) is 3.61. The second-order valence-electron chi connectivity index (χ2n) is 5.27. The van der Waals surface area contributed by atoms with E-state index in [1.165, 1.54) is 18.3 Å². The van der Waals surface area contributed by atoms with Gasteiger partial charge in [-0.2, -0.15) is 10.4 Å². The first-order valence-electron chi connectivity index (χ1n) is 6.78. The first-order chi connectivity index (χ1) is 11.6. The van der Waals surface area contributed by atoms with Gasteiger partial charge in [-0.05, 0) is 17.4 Å². The third-order valence-corrected chi connectivity index (χ3v) is 5.05. The van der Waals surface area contributed by atoms with Gasteiger partial charge in [-0.1, -0.05) is 11.6 Å². The predicted molar refractivity (Wildman–Crippen MR) is 96.3 cm³/mol. The molecule has 2 aromatic heterocycles. The van der Waals surface area contributed by atoms with Gasteiger partial charge in [0.15, 0.2) is 0 Å². The summed E-state index contributed by atoms with van der Waals surface area (Å²) in [6, 6.07) is 4.95. The molecule has 0 fully saturated rings. The summed E-state index contributed by atoms with van der Waals surface area (Å²) in [4.78, 5) is 2.65. The number of sulfonamides is 1. The number of anilines is 1. The van der Waals surface area contributed by atoms with Gasteiger partial charge >= 0.3 is 0 Å². The van der Waals surface area contributed by atoms with Crippen LogP contribution in [0.3, 0.4) is 0 Å². The molecule has 118 valence electrons. The van der Waals surface area contributed by atoms with E-state index in [4.69, 9.17) is 40.4 Å². The number of benzene rings is 1. The van der Waals surface area contributed by atoms with E-state index in [1.807, 2.05) is 6.07 Å². The minimum Gasteiger partial charge on any atom is -0.358 e. The molecule has 0 saturated carbocycles. The Kier molecular flexibility index (Phi) is 4.13. The molecule has 0 bridgehead atoms. The molecule has 0 amide bonds. The summed E-state index contributed by atoms with van der Waals surface area (Å²) in [5.41, 5.74) is 0.895. The topological polar surface area (TPSA) is 104 Å². The average molecular weight is 365 g/mol. The quantitative estimate of drug-likeness (QED) is 0.667. The molecule has 0 atom stereocenters. The molecule has 0 aliphatic carbocycles. The molecule has 7 nitrogen and oxygen atoms in total. The SMILES string of the molecule is [B]C([B])([B])n1cc(S(=O)(=O)Nc2ccc(Cl)c3c(C#N)c[nH]c23)cn1. The van der Waals surface area contributed by atoms with Crippen molar-refractivity contribution < 1.29 is 8.42 Å². The highest BCUT2D eigenvalue weighted by atomic mass is 35.5. The van der Waals surface area contributed by atoms with Crippen LogP contribution in [0.1, 0.15) is 5.56 Å². The van der Waals surface area contributed by atoms with Crippen molar-refractivity contribution in [3.8, 4) is 6.07 Å². The lowest BCUT2D eigenvalue weighted by Crippen LogP contribution is -2.35. The Labute approximate surface area is 152 Å². The van der Waals surface area contributed by atoms with Gasteiger partial charge in [0, 0.05) is 17.8 Å². The molecule has 2 N–H and O–H groups in total. The van der Waals surface area contributed by atoms with Crippen molar-refractivity contribution in [3.63, 3.8) is 0 Å². The Balaban J connectivity index is 2.04. The number of aromatic amines is 1. The Morgan fingerprint density at radius 3 is 2.68 bits per heavy atom. The highest BCUT2D eigenvalue weighted by Crippen LogP contribution is 2.32. The molecule has 0 aliphatic heterocycles. The fourth-order valence-electron chi connectivity index (χ4n) is 2.24. The Morgan fingerprint density at radius 1 is 1.36 bits per heavy atom. The van der Waals surface area contributed by atoms with Crippen LogP contribution in [-0.4, -0.2) is 46.7 Å². The largest absolute Gasteiger partial charge is 0.358 e.